The lowest BCUT2D eigenvalue weighted by molar-refractivity contribution is 0.167. The van der Waals surface area contributed by atoms with Crippen molar-refractivity contribution in [2.24, 2.45) is 0 Å². The fraction of sp³-hybridized carbons (Fsp3) is 0.333. The zero-order valence-corrected chi connectivity index (χ0v) is 16.8. The fourth-order valence-electron chi connectivity index (χ4n) is 3.04. The van der Waals surface area contributed by atoms with E-state index in [0.717, 1.165) is 0 Å². The van der Waals surface area contributed by atoms with E-state index < -0.39 is 16.3 Å². The van der Waals surface area contributed by atoms with Crippen molar-refractivity contribution in [2.45, 2.75) is 12.5 Å². The zero-order valence-electron chi connectivity index (χ0n) is 15.2. The minimum atomic E-state index is -3.80. The van der Waals surface area contributed by atoms with Crippen LogP contribution in [0.4, 0.5) is 17.1 Å². The van der Waals surface area contributed by atoms with E-state index in [1.165, 1.54) is 8.61 Å². The predicted molar refractivity (Wildman–Crippen MR) is 110 cm³/mol. The molecule has 0 aromatic heterocycles. The number of nitrogens with zero attached hydrogens (tertiary/aromatic N) is 2. The number of hydrogen-bond acceptors (Lipinski definition) is 5. The highest BCUT2D eigenvalue weighted by molar-refractivity contribution is 7.95. The van der Waals surface area contributed by atoms with Gasteiger partial charge in [0.15, 0.2) is 0 Å². The van der Waals surface area contributed by atoms with E-state index >= 15 is 0 Å². The maximum atomic E-state index is 13.2. The SMILES string of the molecule is CNC[C@@H](O)CCN1c2ccccc2N(c2cccc(OC)c2)S1(=O)=O.Cl. The first-order valence-electron chi connectivity index (χ1n) is 8.37. The Morgan fingerprint density at radius 3 is 2.52 bits per heavy atom. The van der Waals surface area contributed by atoms with Gasteiger partial charge in [0.1, 0.15) is 5.75 Å². The Labute approximate surface area is 166 Å². The van der Waals surface area contributed by atoms with Gasteiger partial charge in [-0.05, 0) is 37.7 Å². The average Bonchev–Trinajstić information content (AvgIpc) is 2.86. The van der Waals surface area contributed by atoms with Crippen LogP contribution in [0.3, 0.4) is 0 Å². The Hall–Kier alpha value is -2.00. The third-order valence-electron chi connectivity index (χ3n) is 4.27. The first-order valence-corrected chi connectivity index (χ1v) is 9.77. The van der Waals surface area contributed by atoms with Crippen LogP contribution in [0.25, 0.3) is 0 Å². The highest BCUT2D eigenvalue weighted by atomic mass is 35.5. The number of likely N-dealkylation sites (N-methyl/N-ethyl adjacent to an activating group) is 1. The van der Waals surface area contributed by atoms with Crippen LogP contribution >= 0.6 is 12.4 Å². The minimum absolute atomic E-state index is 0. The molecule has 148 valence electrons. The summed E-state index contributed by atoms with van der Waals surface area (Å²) < 4.78 is 34.4. The van der Waals surface area contributed by atoms with Gasteiger partial charge < -0.3 is 15.2 Å². The number of benzene rings is 2. The highest BCUT2D eigenvalue weighted by Crippen LogP contribution is 2.45. The van der Waals surface area contributed by atoms with Crippen LogP contribution < -0.4 is 18.7 Å². The van der Waals surface area contributed by atoms with Crippen molar-refractivity contribution in [2.75, 3.05) is 35.9 Å². The lowest BCUT2D eigenvalue weighted by atomic mass is 10.2. The predicted octanol–water partition coefficient (Wildman–Crippen LogP) is 2.29. The number of nitrogens with one attached hydrogen (secondary N) is 1. The van der Waals surface area contributed by atoms with Crippen LogP contribution in [0.1, 0.15) is 6.42 Å². The van der Waals surface area contributed by atoms with E-state index in [0.29, 0.717) is 35.8 Å². The quantitative estimate of drug-likeness (QED) is 0.727. The molecule has 0 amide bonds. The van der Waals surface area contributed by atoms with Gasteiger partial charge in [-0.1, -0.05) is 18.2 Å². The Morgan fingerprint density at radius 2 is 1.85 bits per heavy atom. The molecule has 0 saturated heterocycles. The number of anilines is 3. The number of fused-ring (bicyclic) bond motifs is 1. The molecule has 0 saturated carbocycles. The molecule has 0 aliphatic carbocycles. The minimum Gasteiger partial charge on any atom is -0.497 e. The van der Waals surface area contributed by atoms with Gasteiger partial charge in [0.2, 0.25) is 0 Å². The van der Waals surface area contributed by atoms with Crippen molar-refractivity contribution in [3.05, 3.63) is 48.5 Å². The summed E-state index contributed by atoms with van der Waals surface area (Å²) in [7, 11) is -0.508. The van der Waals surface area contributed by atoms with Gasteiger partial charge in [0.05, 0.1) is 30.3 Å². The van der Waals surface area contributed by atoms with Crippen molar-refractivity contribution in [1.29, 1.82) is 0 Å². The van der Waals surface area contributed by atoms with Crippen molar-refractivity contribution >= 4 is 39.7 Å². The van der Waals surface area contributed by atoms with Gasteiger partial charge >= 0.3 is 10.2 Å². The second-order valence-electron chi connectivity index (χ2n) is 6.03. The van der Waals surface area contributed by atoms with E-state index in [1.807, 2.05) is 0 Å². The van der Waals surface area contributed by atoms with E-state index in [9.17, 15) is 13.5 Å². The summed E-state index contributed by atoms with van der Waals surface area (Å²) in [6.07, 6.45) is -0.284. The van der Waals surface area contributed by atoms with Crippen LogP contribution in [-0.2, 0) is 10.2 Å². The van der Waals surface area contributed by atoms with Gasteiger partial charge in [-0.2, -0.15) is 8.42 Å². The van der Waals surface area contributed by atoms with Crippen molar-refractivity contribution in [1.82, 2.24) is 5.32 Å². The normalized spacial score (nSPS) is 15.8. The van der Waals surface area contributed by atoms with Crippen LogP contribution in [0, 0.1) is 0 Å². The number of para-hydroxylation sites is 2. The van der Waals surface area contributed by atoms with Crippen molar-refractivity contribution < 1.29 is 18.3 Å². The van der Waals surface area contributed by atoms with Crippen LogP contribution in [-0.4, -0.2) is 46.9 Å². The van der Waals surface area contributed by atoms with E-state index in [-0.39, 0.29) is 19.0 Å². The van der Waals surface area contributed by atoms with Crippen LogP contribution in [0.2, 0.25) is 0 Å². The first kappa shape index (κ1) is 21.3. The molecule has 0 radical (unpaired) electrons. The van der Waals surface area contributed by atoms with Gasteiger partial charge in [-0.15, -0.1) is 12.4 Å². The molecule has 1 aliphatic rings. The van der Waals surface area contributed by atoms with E-state index in [2.05, 4.69) is 5.32 Å². The van der Waals surface area contributed by atoms with Gasteiger partial charge in [0, 0.05) is 19.2 Å². The molecule has 1 heterocycles. The molecule has 9 heteroatoms. The molecular weight excluding hydrogens is 390 g/mol. The van der Waals surface area contributed by atoms with Crippen molar-refractivity contribution in [3.8, 4) is 5.75 Å². The average molecular weight is 414 g/mol. The Kier molecular flexibility index (Phi) is 6.94. The number of halogens is 1. The molecule has 2 aromatic carbocycles. The molecule has 1 aliphatic heterocycles. The number of aliphatic hydroxyl groups excluding tert-OH is 1. The standard InChI is InChI=1S/C18H23N3O4S.ClH/c1-19-13-15(22)10-11-20-17-8-3-4-9-18(17)21(26(20,23)24)14-6-5-7-16(12-14)25-2;/h3-9,12,15,19,22H,10-11,13H2,1-2H3;1H/t15-;/m0./s1. The summed E-state index contributed by atoms with van der Waals surface area (Å²) in [6.45, 7) is 0.609. The highest BCUT2D eigenvalue weighted by Gasteiger charge is 2.41. The third kappa shape index (κ3) is 4.14. The van der Waals surface area contributed by atoms with Crippen LogP contribution in [0.15, 0.2) is 48.5 Å². The molecule has 0 bridgehead atoms. The molecule has 3 rings (SSSR count). The Balaban J connectivity index is 0.00000261. The summed E-state index contributed by atoms with van der Waals surface area (Å²) in [5.74, 6) is 0.582. The largest absolute Gasteiger partial charge is 0.497 e. The summed E-state index contributed by atoms with van der Waals surface area (Å²) in [6, 6.07) is 14.1. The number of aliphatic hydroxyl groups is 1. The Bertz CT molecular complexity index is 878. The second kappa shape index (κ2) is 8.79. The van der Waals surface area contributed by atoms with Crippen LogP contribution in [0.5, 0.6) is 5.75 Å². The zero-order chi connectivity index (χ0) is 18.7. The smallest absolute Gasteiger partial charge is 0.330 e. The third-order valence-corrected chi connectivity index (χ3v) is 6.08. The van der Waals surface area contributed by atoms with Gasteiger partial charge in [-0.25, -0.2) is 4.31 Å². The van der Waals surface area contributed by atoms with Crippen molar-refractivity contribution in [3.63, 3.8) is 0 Å². The number of methoxy groups -OCH3 is 1. The molecule has 0 fully saturated rings. The maximum absolute atomic E-state index is 13.2. The maximum Gasteiger partial charge on any atom is 0.330 e. The number of ether oxygens (including phenoxy) is 1. The molecule has 2 aromatic rings. The summed E-state index contributed by atoms with van der Waals surface area (Å²) in [5.41, 5.74) is 1.70. The summed E-state index contributed by atoms with van der Waals surface area (Å²) in [4.78, 5) is 0. The summed E-state index contributed by atoms with van der Waals surface area (Å²) >= 11 is 0. The molecule has 1 atom stereocenters. The van der Waals surface area contributed by atoms with Gasteiger partial charge in [-0.3, -0.25) is 4.31 Å². The topological polar surface area (TPSA) is 82.1 Å². The lowest BCUT2D eigenvalue weighted by Gasteiger charge is -2.23. The molecule has 0 unspecified atom stereocenters. The molecule has 7 nitrogen and oxygen atoms in total. The lowest BCUT2D eigenvalue weighted by Crippen LogP contribution is -2.38. The number of hydrogen-bond donors (Lipinski definition) is 2. The second-order valence-corrected chi connectivity index (χ2v) is 7.74. The molecule has 27 heavy (non-hydrogen) atoms. The first-order chi connectivity index (χ1) is 12.5. The Morgan fingerprint density at radius 1 is 1.15 bits per heavy atom. The summed E-state index contributed by atoms with van der Waals surface area (Å²) in [5, 5.41) is 12.9. The van der Waals surface area contributed by atoms with Gasteiger partial charge in [0.25, 0.3) is 0 Å². The van der Waals surface area contributed by atoms with E-state index in [1.54, 1.807) is 62.7 Å². The monoisotopic (exact) mass is 413 g/mol. The molecule has 2 N–H and O–H groups in total. The molecule has 0 spiro atoms. The molecular formula is C18H24ClN3O4S. The fourth-order valence-corrected chi connectivity index (χ4v) is 4.76. The number of rotatable bonds is 7. The van der Waals surface area contributed by atoms with E-state index in [4.69, 9.17) is 4.74 Å².